The summed E-state index contributed by atoms with van der Waals surface area (Å²) in [5, 5.41) is 20.6. The van der Waals surface area contributed by atoms with E-state index in [-0.39, 0.29) is 11.5 Å². The second-order valence-corrected chi connectivity index (χ2v) is 5.83. The van der Waals surface area contributed by atoms with Gasteiger partial charge in [-0.3, -0.25) is 0 Å². The van der Waals surface area contributed by atoms with Crippen molar-refractivity contribution < 1.29 is 10.2 Å². The van der Waals surface area contributed by atoms with Gasteiger partial charge in [0.15, 0.2) is 0 Å². The van der Waals surface area contributed by atoms with Gasteiger partial charge in [-0.05, 0) is 51.2 Å². The average Bonchev–Trinajstić information content (AvgIpc) is 2.43. The van der Waals surface area contributed by atoms with E-state index in [2.05, 4.69) is 19.9 Å². The van der Waals surface area contributed by atoms with Gasteiger partial charge in [0, 0.05) is 5.56 Å². The predicted molar refractivity (Wildman–Crippen MR) is 85.9 cm³/mol. The first-order valence-electron chi connectivity index (χ1n) is 7.25. The van der Waals surface area contributed by atoms with Gasteiger partial charge in [-0.25, -0.2) is 0 Å². The van der Waals surface area contributed by atoms with E-state index in [0.29, 0.717) is 17.0 Å². The lowest BCUT2D eigenvalue weighted by molar-refractivity contribution is 0.437. The molecule has 0 amide bonds. The summed E-state index contributed by atoms with van der Waals surface area (Å²) in [5.41, 5.74) is 3.27. The molecular weight excluding hydrogens is 272 g/mol. The standard InChI is InChI=1S/C17H25ClO2/c1-5-6-7-8-11(2)9-10-14-16(19)13(4)12(3)15(18)17(14)20/h9,19-20H,5-8,10H2,1-4H3/b11-9+. The molecule has 0 heterocycles. The van der Waals surface area contributed by atoms with Gasteiger partial charge in [-0.2, -0.15) is 0 Å². The van der Waals surface area contributed by atoms with Crippen molar-refractivity contribution >= 4 is 11.6 Å². The van der Waals surface area contributed by atoms with Gasteiger partial charge in [0.2, 0.25) is 0 Å². The Hall–Kier alpha value is -1.15. The van der Waals surface area contributed by atoms with Crippen LogP contribution in [-0.4, -0.2) is 10.2 Å². The minimum Gasteiger partial charge on any atom is -0.507 e. The summed E-state index contributed by atoms with van der Waals surface area (Å²) in [4.78, 5) is 0. The van der Waals surface area contributed by atoms with E-state index in [1.807, 2.05) is 6.92 Å². The highest BCUT2D eigenvalue weighted by Gasteiger charge is 2.17. The van der Waals surface area contributed by atoms with Gasteiger partial charge in [0.25, 0.3) is 0 Å². The quantitative estimate of drug-likeness (QED) is 0.542. The molecular formula is C17H25ClO2. The lowest BCUT2D eigenvalue weighted by Crippen LogP contribution is -1.93. The molecule has 0 saturated carbocycles. The van der Waals surface area contributed by atoms with Gasteiger partial charge in [-0.1, -0.05) is 43.0 Å². The molecule has 0 unspecified atom stereocenters. The summed E-state index contributed by atoms with van der Waals surface area (Å²) in [6, 6.07) is 0. The molecule has 0 fully saturated rings. The Morgan fingerprint density at radius 3 is 2.35 bits per heavy atom. The van der Waals surface area contributed by atoms with Crippen molar-refractivity contribution in [1.29, 1.82) is 0 Å². The smallest absolute Gasteiger partial charge is 0.141 e. The van der Waals surface area contributed by atoms with Crippen LogP contribution in [0.4, 0.5) is 0 Å². The number of hydrogen-bond donors (Lipinski definition) is 2. The number of benzene rings is 1. The first kappa shape index (κ1) is 16.9. The molecule has 0 aromatic heterocycles. The maximum atomic E-state index is 10.2. The zero-order valence-corrected chi connectivity index (χ0v) is 13.6. The van der Waals surface area contributed by atoms with Crippen molar-refractivity contribution in [2.45, 2.75) is 59.8 Å². The van der Waals surface area contributed by atoms with Crippen LogP contribution >= 0.6 is 11.6 Å². The van der Waals surface area contributed by atoms with Crippen molar-refractivity contribution in [3.05, 3.63) is 33.4 Å². The zero-order valence-electron chi connectivity index (χ0n) is 12.9. The number of phenolic OH excluding ortho intramolecular Hbond substituents is 2. The van der Waals surface area contributed by atoms with E-state index < -0.39 is 0 Å². The molecule has 0 aliphatic rings. The topological polar surface area (TPSA) is 40.5 Å². The first-order valence-corrected chi connectivity index (χ1v) is 7.63. The Morgan fingerprint density at radius 2 is 1.75 bits per heavy atom. The van der Waals surface area contributed by atoms with Crippen LogP contribution in [0.5, 0.6) is 11.5 Å². The number of unbranched alkanes of at least 4 members (excludes halogenated alkanes) is 2. The predicted octanol–water partition coefficient (Wildman–Crippen LogP) is 5.44. The molecule has 0 aliphatic carbocycles. The molecule has 0 saturated heterocycles. The normalized spacial score (nSPS) is 11.9. The molecule has 0 bridgehead atoms. The van der Waals surface area contributed by atoms with Gasteiger partial charge in [0.05, 0.1) is 5.02 Å². The number of hydrogen-bond acceptors (Lipinski definition) is 2. The van der Waals surface area contributed by atoms with Crippen LogP contribution in [0.15, 0.2) is 11.6 Å². The minimum absolute atomic E-state index is 0.00451. The van der Waals surface area contributed by atoms with Gasteiger partial charge in [0.1, 0.15) is 11.5 Å². The highest BCUT2D eigenvalue weighted by Crippen LogP contribution is 2.40. The molecule has 112 valence electrons. The first-order chi connectivity index (χ1) is 9.40. The van der Waals surface area contributed by atoms with Crippen LogP contribution in [0.3, 0.4) is 0 Å². The highest BCUT2D eigenvalue weighted by atomic mass is 35.5. The second-order valence-electron chi connectivity index (χ2n) is 5.45. The zero-order chi connectivity index (χ0) is 15.3. The van der Waals surface area contributed by atoms with Crippen LogP contribution in [0, 0.1) is 13.8 Å². The third-order valence-electron chi connectivity index (χ3n) is 3.86. The lowest BCUT2D eigenvalue weighted by Gasteiger charge is -2.13. The molecule has 0 spiro atoms. The fraction of sp³-hybridized carbons (Fsp3) is 0.529. The van der Waals surface area contributed by atoms with Crippen LogP contribution in [0.2, 0.25) is 5.02 Å². The Balaban J connectivity index is 2.91. The second kappa shape index (κ2) is 7.58. The van der Waals surface area contributed by atoms with Crippen molar-refractivity contribution in [3.8, 4) is 11.5 Å². The van der Waals surface area contributed by atoms with Gasteiger partial charge in [-0.15, -0.1) is 0 Å². The Morgan fingerprint density at radius 1 is 1.10 bits per heavy atom. The molecule has 0 atom stereocenters. The van der Waals surface area contributed by atoms with Crippen LogP contribution < -0.4 is 0 Å². The number of aromatic hydroxyl groups is 2. The average molecular weight is 297 g/mol. The van der Waals surface area contributed by atoms with Gasteiger partial charge < -0.3 is 10.2 Å². The molecule has 1 aromatic rings. The fourth-order valence-corrected chi connectivity index (χ4v) is 2.47. The largest absolute Gasteiger partial charge is 0.507 e. The molecule has 0 aliphatic heterocycles. The van der Waals surface area contributed by atoms with Crippen LogP contribution in [-0.2, 0) is 6.42 Å². The van der Waals surface area contributed by atoms with Gasteiger partial charge >= 0.3 is 0 Å². The Bertz CT molecular complexity index is 475. The SMILES string of the molecule is CCCCC/C(C)=C/Cc1c(O)c(C)c(C)c(Cl)c1O. The van der Waals surface area contributed by atoms with Crippen molar-refractivity contribution in [3.63, 3.8) is 0 Å². The van der Waals surface area contributed by atoms with E-state index >= 15 is 0 Å². The fourth-order valence-electron chi connectivity index (χ4n) is 2.22. The monoisotopic (exact) mass is 296 g/mol. The van der Waals surface area contributed by atoms with Crippen molar-refractivity contribution in [2.24, 2.45) is 0 Å². The molecule has 0 radical (unpaired) electrons. The van der Waals surface area contributed by atoms with Crippen LogP contribution in [0.1, 0.15) is 56.2 Å². The number of allylic oxidation sites excluding steroid dienone is 2. The summed E-state index contributed by atoms with van der Waals surface area (Å²) in [7, 11) is 0. The third-order valence-corrected chi connectivity index (χ3v) is 4.32. The Labute approximate surface area is 127 Å². The molecule has 2 nitrogen and oxygen atoms in total. The maximum absolute atomic E-state index is 10.2. The number of rotatable bonds is 6. The molecule has 2 N–H and O–H groups in total. The Kier molecular flexibility index (Phi) is 6.41. The molecule has 1 aromatic carbocycles. The van der Waals surface area contributed by atoms with E-state index in [0.717, 1.165) is 17.5 Å². The van der Waals surface area contributed by atoms with Crippen LogP contribution in [0.25, 0.3) is 0 Å². The summed E-state index contributed by atoms with van der Waals surface area (Å²) in [6.45, 7) is 7.89. The molecule has 3 heteroatoms. The number of halogens is 1. The molecule has 1 rings (SSSR count). The summed E-state index contributed by atoms with van der Waals surface area (Å²) >= 11 is 6.10. The van der Waals surface area contributed by atoms with E-state index in [9.17, 15) is 10.2 Å². The maximum Gasteiger partial charge on any atom is 0.141 e. The summed E-state index contributed by atoms with van der Waals surface area (Å²) in [6.07, 6.45) is 7.27. The van der Waals surface area contributed by atoms with Crippen molar-refractivity contribution in [1.82, 2.24) is 0 Å². The summed E-state index contributed by atoms with van der Waals surface area (Å²) in [5.74, 6) is 0.159. The van der Waals surface area contributed by atoms with E-state index in [1.165, 1.54) is 24.8 Å². The van der Waals surface area contributed by atoms with E-state index in [4.69, 9.17) is 11.6 Å². The highest BCUT2D eigenvalue weighted by molar-refractivity contribution is 6.33. The lowest BCUT2D eigenvalue weighted by atomic mass is 9.99. The summed E-state index contributed by atoms with van der Waals surface area (Å²) < 4.78 is 0. The third kappa shape index (κ3) is 3.92. The van der Waals surface area contributed by atoms with E-state index in [1.54, 1.807) is 6.92 Å². The number of phenols is 2. The minimum atomic E-state index is 0.00451. The van der Waals surface area contributed by atoms with Crippen molar-refractivity contribution in [2.75, 3.05) is 0 Å². The molecule has 20 heavy (non-hydrogen) atoms.